The zero-order valence-electron chi connectivity index (χ0n) is 7.21. The van der Waals surface area contributed by atoms with Gasteiger partial charge in [0.05, 0.1) is 0 Å². The van der Waals surface area contributed by atoms with Crippen molar-refractivity contribution in [3.05, 3.63) is 0 Å². The summed E-state index contributed by atoms with van der Waals surface area (Å²) in [5.41, 5.74) is 5.73. The highest BCUT2D eigenvalue weighted by Gasteiger charge is 2.24. The molecule has 0 aromatic rings. The first-order valence-corrected chi connectivity index (χ1v) is 4.14. The largest absolute Gasteiger partial charge is 0.339 e. The molecule has 1 aliphatic heterocycles. The molecule has 1 saturated heterocycles. The molecule has 0 saturated carbocycles. The summed E-state index contributed by atoms with van der Waals surface area (Å²) in [5.74, 6) is 0.146. The van der Waals surface area contributed by atoms with Crippen LogP contribution >= 0.6 is 0 Å². The molecule has 1 rings (SSSR count). The SMILES string of the molecule is CC(=O)N1CC(N)CCC1C. The summed E-state index contributed by atoms with van der Waals surface area (Å²) < 4.78 is 0. The van der Waals surface area contributed by atoms with E-state index in [0.717, 1.165) is 19.4 Å². The quantitative estimate of drug-likeness (QED) is 0.550. The molecule has 0 aromatic carbocycles. The van der Waals surface area contributed by atoms with E-state index >= 15 is 0 Å². The summed E-state index contributed by atoms with van der Waals surface area (Å²) >= 11 is 0. The fraction of sp³-hybridized carbons (Fsp3) is 0.875. The van der Waals surface area contributed by atoms with Crippen molar-refractivity contribution in [1.29, 1.82) is 0 Å². The van der Waals surface area contributed by atoms with Gasteiger partial charge in [-0.1, -0.05) is 0 Å². The fourth-order valence-corrected chi connectivity index (χ4v) is 1.57. The first-order chi connectivity index (χ1) is 5.11. The van der Waals surface area contributed by atoms with Gasteiger partial charge in [-0.3, -0.25) is 4.79 Å². The molecule has 1 aliphatic rings. The predicted molar refractivity (Wildman–Crippen MR) is 44.1 cm³/mol. The van der Waals surface area contributed by atoms with Crippen LogP contribution < -0.4 is 5.73 Å². The van der Waals surface area contributed by atoms with Crippen molar-refractivity contribution < 1.29 is 4.79 Å². The lowest BCUT2D eigenvalue weighted by Crippen LogP contribution is -2.49. The Bertz CT molecular complexity index is 158. The number of nitrogens with zero attached hydrogens (tertiary/aromatic N) is 1. The van der Waals surface area contributed by atoms with E-state index in [0.29, 0.717) is 6.04 Å². The van der Waals surface area contributed by atoms with Crippen LogP contribution in [0, 0.1) is 0 Å². The first kappa shape index (κ1) is 8.53. The molecule has 2 unspecified atom stereocenters. The Hall–Kier alpha value is -0.570. The molecule has 1 heterocycles. The van der Waals surface area contributed by atoms with Crippen molar-refractivity contribution in [2.45, 2.75) is 38.8 Å². The second kappa shape index (κ2) is 3.22. The van der Waals surface area contributed by atoms with Crippen LogP contribution in [0.2, 0.25) is 0 Å². The van der Waals surface area contributed by atoms with E-state index in [9.17, 15) is 4.79 Å². The third-order valence-electron chi connectivity index (χ3n) is 2.32. The highest BCUT2D eigenvalue weighted by molar-refractivity contribution is 5.73. The summed E-state index contributed by atoms with van der Waals surface area (Å²) in [6.07, 6.45) is 2.09. The van der Waals surface area contributed by atoms with Gasteiger partial charge in [-0.05, 0) is 19.8 Å². The Morgan fingerprint density at radius 3 is 2.64 bits per heavy atom. The number of rotatable bonds is 0. The number of likely N-dealkylation sites (tertiary alicyclic amines) is 1. The van der Waals surface area contributed by atoms with Gasteiger partial charge in [-0.2, -0.15) is 0 Å². The summed E-state index contributed by atoms with van der Waals surface area (Å²) in [4.78, 5) is 12.9. The third kappa shape index (κ3) is 1.93. The molecule has 0 bridgehead atoms. The third-order valence-corrected chi connectivity index (χ3v) is 2.32. The lowest BCUT2D eigenvalue weighted by molar-refractivity contribution is -0.132. The molecule has 0 spiro atoms. The summed E-state index contributed by atoms with van der Waals surface area (Å²) in [7, 11) is 0. The molecule has 0 aliphatic carbocycles. The van der Waals surface area contributed by atoms with E-state index in [4.69, 9.17) is 5.73 Å². The minimum absolute atomic E-state index is 0.146. The molecular formula is C8H16N2O. The zero-order valence-corrected chi connectivity index (χ0v) is 7.21. The highest BCUT2D eigenvalue weighted by Crippen LogP contribution is 2.15. The average Bonchev–Trinajstić information content (AvgIpc) is 1.94. The van der Waals surface area contributed by atoms with Gasteiger partial charge in [0, 0.05) is 25.6 Å². The van der Waals surface area contributed by atoms with Crippen molar-refractivity contribution in [1.82, 2.24) is 4.90 Å². The summed E-state index contributed by atoms with van der Waals surface area (Å²) in [5, 5.41) is 0. The van der Waals surface area contributed by atoms with E-state index in [-0.39, 0.29) is 11.9 Å². The topological polar surface area (TPSA) is 46.3 Å². The zero-order chi connectivity index (χ0) is 8.43. The number of carbonyl (C=O) groups is 1. The van der Waals surface area contributed by atoms with E-state index in [1.807, 2.05) is 4.90 Å². The van der Waals surface area contributed by atoms with Crippen LogP contribution in [0.4, 0.5) is 0 Å². The van der Waals surface area contributed by atoms with Gasteiger partial charge >= 0.3 is 0 Å². The van der Waals surface area contributed by atoms with E-state index in [1.165, 1.54) is 0 Å². The van der Waals surface area contributed by atoms with Gasteiger partial charge in [-0.25, -0.2) is 0 Å². The molecular weight excluding hydrogens is 140 g/mol. The maximum atomic E-state index is 11.0. The maximum Gasteiger partial charge on any atom is 0.219 e. The second-order valence-electron chi connectivity index (χ2n) is 3.36. The monoisotopic (exact) mass is 156 g/mol. The average molecular weight is 156 g/mol. The van der Waals surface area contributed by atoms with Crippen molar-refractivity contribution in [3.63, 3.8) is 0 Å². The van der Waals surface area contributed by atoms with Crippen LogP contribution in [-0.4, -0.2) is 29.4 Å². The first-order valence-electron chi connectivity index (χ1n) is 4.14. The minimum atomic E-state index is 0.146. The highest BCUT2D eigenvalue weighted by atomic mass is 16.2. The van der Waals surface area contributed by atoms with Crippen LogP contribution in [0.25, 0.3) is 0 Å². The molecule has 0 radical (unpaired) electrons. The summed E-state index contributed by atoms with van der Waals surface area (Å²) in [6.45, 7) is 4.42. The van der Waals surface area contributed by atoms with Crippen LogP contribution in [0.3, 0.4) is 0 Å². The lowest BCUT2D eigenvalue weighted by Gasteiger charge is -2.35. The number of carbonyl (C=O) groups excluding carboxylic acids is 1. The molecule has 64 valence electrons. The van der Waals surface area contributed by atoms with Crippen molar-refractivity contribution in [3.8, 4) is 0 Å². The van der Waals surface area contributed by atoms with Gasteiger partial charge < -0.3 is 10.6 Å². The smallest absolute Gasteiger partial charge is 0.219 e. The Morgan fingerprint density at radius 1 is 1.55 bits per heavy atom. The van der Waals surface area contributed by atoms with Gasteiger partial charge in [0.2, 0.25) is 5.91 Å². The molecule has 1 fully saturated rings. The molecule has 3 heteroatoms. The van der Waals surface area contributed by atoms with Crippen LogP contribution in [0.15, 0.2) is 0 Å². The van der Waals surface area contributed by atoms with E-state index < -0.39 is 0 Å². The van der Waals surface area contributed by atoms with Crippen LogP contribution in [0.1, 0.15) is 26.7 Å². The van der Waals surface area contributed by atoms with Crippen molar-refractivity contribution in [2.75, 3.05) is 6.54 Å². The van der Waals surface area contributed by atoms with Crippen LogP contribution in [-0.2, 0) is 4.79 Å². The van der Waals surface area contributed by atoms with Crippen LogP contribution in [0.5, 0.6) is 0 Å². The Labute approximate surface area is 67.5 Å². The molecule has 3 nitrogen and oxygen atoms in total. The standard InChI is InChI=1S/C8H16N2O/c1-6-3-4-8(9)5-10(6)7(2)11/h6,8H,3-5,9H2,1-2H3. The van der Waals surface area contributed by atoms with Gasteiger partial charge in [-0.15, -0.1) is 0 Å². The van der Waals surface area contributed by atoms with E-state index in [2.05, 4.69) is 6.92 Å². The predicted octanol–water partition coefficient (Wildman–Crippen LogP) is 0.344. The Balaban J connectivity index is 2.54. The number of piperidine rings is 1. The Kier molecular flexibility index (Phi) is 2.49. The number of hydrogen-bond donors (Lipinski definition) is 1. The normalized spacial score (nSPS) is 32.1. The van der Waals surface area contributed by atoms with Crippen molar-refractivity contribution in [2.24, 2.45) is 5.73 Å². The molecule has 0 aromatic heterocycles. The minimum Gasteiger partial charge on any atom is -0.339 e. The second-order valence-corrected chi connectivity index (χ2v) is 3.36. The molecule has 1 amide bonds. The van der Waals surface area contributed by atoms with Crippen molar-refractivity contribution >= 4 is 5.91 Å². The lowest BCUT2D eigenvalue weighted by atomic mass is 10.0. The Morgan fingerprint density at radius 2 is 2.18 bits per heavy atom. The number of nitrogens with two attached hydrogens (primary N) is 1. The molecule has 11 heavy (non-hydrogen) atoms. The maximum absolute atomic E-state index is 11.0. The van der Waals surface area contributed by atoms with E-state index in [1.54, 1.807) is 6.92 Å². The fourth-order valence-electron chi connectivity index (χ4n) is 1.57. The number of amides is 1. The summed E-state index contributed by atoms with van der Waals surface area (Å²) in [6, 6.07) is 0.572. The van der Waals surface area contributed by atoms with Gasteiger partial charge in [0.15, 0.2) is 0 Å². The molecule has 2 N–H and O–H groups in total. The van der Waals surface area contributed by atoms with Gasteiger partial charge in [0.1, 0.15) is 0 Å². The van der Waals surface area contributed by atoms with Gasteiger partial charge in [0.25, 0.3) is 0 Å². The number of hydrogen-bond acceptors (Lipinski definition) is 2. The molecule has 2 atom stereocenters.